The lowest BCUT2D eigenvalue weighted by Crippen LogP contribution is -2.29. The Labute approximate surface area is 344 Å². The lowest BCUT2D eigenvalue weighted by atomic mass is 10.1. The minimum absolute atomic E-state index is 0.235. The fraction of sp³-hybridized carbons (Fsp3) is 0.0952. The van der Waals surface area contributed by atoms with Gasteiger partial charge >= 0.3 is 0 Å². The molecule has 10 nitrogen and oxygen atoms in total. The van der Waals surface area contributed by atoms with Gasteiger partial charge in [0.15, 0.2) is 0 Å². The summed E-state index contributed by atoms with van der Waals surface area (Å²) in [7, 11) is 3.20. The molecule has 0 atom stereocenters. The van der Waals surface area contributed by atoms with Crippen LogP contribution in [-0.2, 0) is 0 Å². The van der Waals surface area contributed by atoms with Crippen LogP contribution in [0.4, 0.5) is 23.0 Å². The van der Waals surface area contributed by atoms with Crippen LogP contribution in [0.5, 0.6) is 0 Å². The Kier molecular flexibility index (Phi) is 13.8. The lowest BCUT2D eigenvalue weighted by molar-refractivity contribution is 0.0983. The van der Waals surface area contributed by atoms with Crippen LogP contribution in [0.3, 0.4) is 0 Å². The van der Waals surface area contributed by atoms with E-state index in [0.29, 0.717) is 54.2 Å². The third kappa shape index (κ3) is 10.7. The standard InChI is InChI=1S/2C21H17Cl2N3O2/c1-13-3-5-14(6-4-13)21(28)26(2)18-9-7-15(22)11-17(18)20(27)25-19-10-8-16(23)12-24-19;1-13-3-5-14(6-4-13)20(27)25-18-9-7-15(22)11-17(18)21(28)26(2)19-10-8-16(23)12-24-19/h3-12H,1-2H3,(H,24,25,27);3-12H,1-2H3,(H,25,27). The first-order chi connectivity index (χ1) is 26.7. The molecule has 0 fully saturated rings. The Morgan fingerprint density at radius 3 is 1.62 bits per heavy atom. The molecule has 4 amide bonds. The van der Waals surface area contributed by atoms with Crippen LogP contribution in [-0.4, -0.2) is 47.7 Å². The molecular weight excluding hydrogens is 794 g/mol. The topological polar surface area (TPSA) is 125 Å². The molecule has 0 unspecified atom stereocenters. The summed E-state index contributed by atoms with van der Waals surface area (Å²) in [6.45, 7) is 3.89. The molecule has 0 saturated carbocycles. The van der Waals surface area contributed by atoms with Gasteiger partial charge in [0.2, 0.25) is 0 Å². The van der Waals surface area contributed by atoms with E-state index < -0.39 is 5.91 Å². The molecule has 0 saturated heterocycles. The summed E-state index contributed by atoms with van der Waals surface area (Å²) in [5.74, 6) is -0.588. The van der Waals surface area contributed by atoms with Gasteiger partial charge in [-0.3, -0.25) is 24.1 Å². The highest BCUT2D eigenvalue weighted by atomic mass is 35.5. The van der Waals surface area contributed by atoms with Gasteiger partial charge in [0, 0.05) is 47.7 Å². The zero-order chi connectivity index (χ0) is 40.5. The molecule has 6 aromatic rings. The average Bonchev–Trinajstić information content (AvgIpc) is 3.19. The molecule has 0 aliphatic carbocycles. The SMILES string of the molecule is Cc1ccc(C(=O)N(C)c2ccc(Cl)cc2C(=O)Nc2ccc(Cl)cn2)cc1.Cc1ccc(C(=O)Nc2ccc(Cl)cc2C(=O)N(C)c2ccc(Cl)cn2)cc1. The van der Waals surface area contributed by atoms with Gasteiger partial charge in [0.05, 0.1) is 32.5 Å². The number of rotatable bonds is 8. The first kappa shape index (κ1) is 41.4. The van der Waals surface area contributed by atoms with E-state index in [0.717, 1.165) is 11.1 Å². The van der Waals surface area contributed by atoms with Crippen LogP contribution < -0.4 is 20.4 Å². The van der Waals surface area contributed by atoms with Crippen LogP contribution in [0.25, 0.3) is 0 Å². The zero-order valence-corrected chi connectivity index (χ0v) is 33.5. The molecular formula is C42H34Cl4N6O4. The van der Waals surface area contributed by atoms with Crippen molar-refractivity contribution in [3.8, 4) is 0 Å². The molecule has 2 heterocycles. The van der Waals surface area contributed by atoms with Crippen molar-refractivity contribution in [2.75, 3.05) is 34.5 Å². The van der Waals surface area contributed by atoms with Gasteiger partial charge in [-0.05, 0) is 98.8 Å². The van der Waals surface area contributed by atoms with Crippen molar-refractivity contribution in [3.05, 3.63) is 175 Å². The molecule has 0 radical (unpaired) electrons. The van der Waals surface area contributed by atoms with Crippen LogP contribution in [0.2, 0.25) is 20.1 Å². The third-order valence-electron chi connectivity index (χ3n) is 8.27. The molecule has 284 valence electrons. The molecule has 0 spiro atoms. The van der Waals surface area contributed by atoms with Crippen molar-refractivity contribution < 1.29 is 19.2 Å². The minimum atomic E-state index is -0.434. The maximum atomic E-state index is 13.0. The average molecular weight is 829 g/mol. The molecule has 6 rings (SSSR count). The van der Waals surface area contributed by atoms with E-state index in [-0.39, 0.29) is 28.8 Å². The number of anilines is 4. The fourth-order valence-corrected chi connectivity index (χ4v) is 5.74. The number of hydrogen-bond donors (Lipinski definition) is 2. The van der Waals surface area contributed by atoms with Crippen molar-refractivity contribution in [2.24, 2.45) is 0 Å². The summed E-state index contributed by atoms with van der Waals surface area (Å²) in [5.41, 5.74) is 4.43. The smallest absolute Gasteiger partial charge is 0.261 e. The zero-order valence-electron chi connectivity index (χ0n) is 30.5. The Balaban J connectivity index is 0.000000214. The van der Waals surface area contributed by atoms with Gasteiger partial charge in [0.25, 0.3) is 23.6 Å². The number of aryl methyl sites for hydroxylation is 2. The third-order valence-corrected chi connectivity index (χ3v) is 9.19. The summed E-state index contributed by atoms with van der Waals surface area (Å²) < 4.78 is 0. The van der Waals surface area contributed by atoms with Gasteiger partial charge < -0.3 is 15.5 Å². The first-order valence-corrected chi connectivity index (χ1v) is 18.4. The van der Waals surface area contributed by atoms with E-state index in [1.54, 1.807) is 86.9 Å². The van der Waals surface area contributed by atoms with Gasteiger partial charge in [-0.15, -0.1) is 0 Å². The van der Waals surface area contributed by atoms with E-state index in [1.165, 1.54) is 34.3 Å². The second-order valence-corrected chi connectivity index (χ2v) is 14.2. The van der Waals surface area contributed by atoms with E-state index in [9.17, 15) is 19.2 Å². The predicted molar refractivity (Wildman–Crippen MR) is 225 cm³/mol. The molecule has 14 heteroatoms. The Hall–Kier alpha value is -5.78. The number of nitrogens with one attached hydrogen (secondary N) is 2. The van der Waals surface area contributed by atoms with E-state index >= 15 is 0 Å². The monoisotopic (exact) mass is 826 g/mol. The highest BCUT2D eigenvalue weighted by Gasteiger charge is 2.22. The van der Waals surface area contributed by atoms with E-state index in [4.69, 9.17) is 46.4 Å². The van der Waals surface area contributed by atoms with Gasteiger partial charge in [-0.2, -0.15) is 0 Å². The molecule has 0 aliphatic heterocycles. The normalized spacial score (nSPS) is 10.4. The maximum absolute atomic E-state index is 13.0. The van der Waals surface area contributed by atoms with E-state index in [1.807, 2.05) is 38.1 Å². The van der Waals surface area contributed by atoms with Crippen LogP contribution in [0.1, 0.15) is 52.6 Å². The minimum Gasteiger partial charge on any atom is -0.321 e. The van der Waals surface area contributed by atoms with Crippen LogP contribution >= 0.6 is 46.4 Å². The molecule has 0 aliphatic rings. The molecule has 2 N–H and O–H groups in total. The largest absolute Gasteiger partial charge is 0.321 e. The van der Waals surface area contributed by atoms with Crippen molar-refractivity contribution in [2.45, 2.75) is 13.8 Å². The predicted octanol–water partition coefficient (Wildman–Crippen LogP) is 10.5. The van der Waals surface area contributed by atoms with Crippen molar-refractivity contribution >= 4 is 93.0 Å². The van der Waals surface area contributed by atoms with E-state index in [2.05, 4.69) is 20.6 Å². The quantitative estimate of drug-likeness (QED) is 0.157. The summed E-state index contributed by atoms with van der Waals surface area (Å²) in [5, 5.41) is 7.17. The number of carbonyl (C=O) groups excluding carboxylic acids is 4. The molecule has 56 heavy (non-hydrogen) atoms. The lowest BCUT2D eigenvalue weighted by Gasteiger charge is -2.21. The van der Waals surface area contributed by atoms with Gasteiger partial charge in [0.1, 0.15) is 11.6 Å². The van der Waals surface area contributed by atoms with Crippen LogP contribution in [0, 0.1) is 13.8 Å². The van der Waals surface area contributed by atoms with Gasteiger partial charge in [-0.1, -0.05) is 81.8 Å². The molecule has 2 aromatic heterocycles. The Morgan fingerprint density at radius 1 is 0.518 bits per heavy atom. The Bertz CT molecular complexity index is 2370. The Morgan fingerprint density at radius 2 is 1.05 bits per heavy atom. The number of aromatic nitrogens is 2. The number of pyridine rings is 2. The number of hydrogen-bond acceptors (Lipinski definition) is 6. The number of carbonyl (C=O) groups is 4. The first-order valence-electron chi connectivity index (χ1n) is 16.8. The molecule has 4 aromatic carbocycles. The second kappa shape index (κ2) is 18.7. The summed E-state index contributed by atoms with van der Waals surface area (Å²) in [6, 6.07) is 30.4. The summed E-state index contributed by atoms with van der Waals surface area (Å²) in [6.07, 6.45) is 2.89. The van der Waals surface area contributed by atoms with Gasteiger partial charge in [-0.25, -0.2) is 9.97 Å². The maximum Gasteiger partial charge on any atom is 0.261 e. The highest BCUT2D eigenvalue weighted by molar-refractivity contribution is 6.32. The number of halogens is 4. The number of benzene rings is 4. The second-order valence-electron chi connectivity index (χ2n) is 12.4. The van der Waals surface area contributed by atoms with Crippen molar-refractivity contribution in [1.29, 1.82) is 0 Å². The number of amides is 4. The van der Waals surface area contributed by atoms with Crippen molar-refractivity contribution in [3.63, 3.8) is 0 Å². The molecule has 0 bridgehead atoms. The summed E-state index contributed by atoms with van der Waals surface area (Å²) in [4.78, 5) is 62.2. The number of nitrogens with zero attached hydrogens (tertiary/aromatic N) is 4. The summed E-state index contributed by atoms with van der Waals surface area (Å²) >= 11 is 23.8. The van der Waals surface area contributed by atoms with Crippen LogP contribution in [0.15, 0.2) is 122 Å². The fourth-order valence-electron chi connectivity index (χ4n) is 5.17. The van der Waals surface area contributed by atoms with Crippen molar-refractivity contribution in [1.82, 2.24) is 9.97 Å². The highest BCUT2D eigenvalue weighted by Crippen LogP contribution is 2.27.